The fourth-order valence-corrected chi connectivity index (χ4v) is 2.85. The SMILES string of the molecule is CCN(C(=O)CN1C(=O)COc2ccccc21)c1cccc(C)c1. The molecule has 1 heterocycles. The van der Waals surface area contributed by atoms with Crippen LogP contribution in [0, 0.1) is 6.92 Å². The van der Waals surface area contributed by atoms with E-state index >= 15 is 0 Å². The van der Waals surface area contributed by atoms with Gasteiger partial charge in [0.25, 0.3) is 5.91 Å². The number of benzene rings is 2. The van der Waals surface area contributed by atoms with Crippen LogP contribution in [0.3, 0.4) is 0 Å². The lowest BCUT2D eigenvalue weighted by Gasteiger charge is -2.31. The summed E-state index contributed by atoms with van der Waals surface area (Å²) in [7, 11) is 0. The van der Waals surface area contributed by atoms with E-state index in [0.29, 0.717) is 18.0 Å². The Morgan fingerprint density at radius 1 is 1.21 bits per heavy atom. The first-order valence-electron chi connectivity index (χ1n) is 7.99. The molecule has 0 saturated heterocycles. The number of ether oxygens (including phenoxy) is 1. The Hall–Kier alpha value is -2.82. The Morgan fingerprint density at radius 2 is 2.00 bits per heavy atom. The molecule has 0 bridgehead atoms. The van der Waals surface area contributed by atoms with Crippen molar-refractivity contribution in [1.29, 1.82) is 0 Å². The van der Waals surface area contributed by atoms with E-state index in [0.717, 1.165) is 11.3 Å². The summed E-state index contributed by atoms with van der Waals surface area (Å²) in [6.07, 6.45) is 0. The fourth-order valence-electron chi connectivity index (χ4n) is 2.85. The van der Waals surface area contributed by atoms with E-state index in [9.17, 15) is 9.59 Å². The van der Waals surface area contributed by atoms with Gasteiger partial charge in [0.2, 0.25) is 5.91 Å². The van der Waals surface area contributed by atoms with Crippen molar-refractivity contribution in [2.24, 2.45) is 0 Å². The first-order valence-corrected chi connectivity index (χ1v) is 7.99. The Bertz CT molecular complexity index is 773. The summed E-state index contributed by atoms with van der Waals surface area (Å²) in [6.45, 7) is 4.42. The fraction of sp³-hybridized carbons (Fsp3) is 0.263. The van der Waals surface area contributed by atoms with Gasteiger partial charge in [-0.3, -0.25) is 14.5 Å². The monoisotopic (exact) mass is 324 g/mol. The smallest absolute Gasteiger partial charge is 0.265 e. The van der Waals surface area contributed by atoms with Gasteiger partial charge in [-0.15, -0.1) is 0 Å². The third kappa shape index (κ3) is 3.11. The zero-order chi connectivity index (χ0) is 17.1. The van der Waals surface area contributed by atoms with Gasteiger partial charge in [0.1, 0.15) is 12.3 Å². The lowest BCUT2D eigenvalue weighted by molar-refractivity contribution is -0.124. The van der Waals surface area contributed by atoms with E-state index in [1.165, 1.54) is 4.90 Å². The zero-order valence-electron chi connectivity index (χ0n) is 13.9. The highest BCUT2D eigenvalue weighted by Crippen LogP contribution is 2.31. The molecule has 0 fully saturated rings. The summed E-state index contributed by atoms with van der Waals surface area (Å²) in [4.78, 5) is 28.2. The quantitative estimate of drug-likeness (QED) is 0.869. The summed E-state index contributed by atoms with van der Waals surface area (Å²) >= 11 is 0. The second kappa shape index (κ2) is 6.74. The predicted molar refractivity (Wildman–Crippen MR) is 93.5 cm³/mol. The minimum absolute atomic E-state index is 0.000981. The van der Waals surface area contributed by atoms with Crippen LogP contribution in [0.1, 0.15) is 12.5 Å². The minimum atomic E-state index is -0.206. The molecule has 2 amide bonds. The number of aryl methyl sites for hydroxylation is 1. The number of rotatable bonds is 4. The van der Waals surface area contributed by atoms with Crippen molar-refractivity contribution in [3.63, 3.8) is 0 Å². The molecule has 24 heavy (non-hydrogen) atoms. The van der Waals surface area contributed by atoms with E-state index in [-0.39, 0.29) is 25.0 Å². The third-order valence-electron chi connectivity index (χ3n) is 4.03. The van der Waals surface area contributed by atoms with E-state index in [4.69, 9.17) is 4.74 Å². The molecule has 1 aliphatic rings. The molecular weight excluding hydrogens is 304 g/mol. The number of hydrogen-bond acceptors (Lipinski definition) is 3. The Kier molecular flexibility index (Phi) is 4.51. The van der Waals surface area contributed by atoms with Crippen LogP contribution >= 0.6 is 0 Å². The molecule has 0 aromatic heterocycles. The molecule has 0 saturated carbocycles. The number of carbonyl (C=O) groups excluding carboxylic acids is 2. The van der Waals surface area contributed by atoms with Gasteiger partial charge in [0.15, 0.2) is 6.61 Å². The molecule has 0 atom stereocenters. The van der Waals surface area contributed by atoms with Crippen LogP contribution in [-0.4, -0.2) is 31.5 Å². The van der Waals surface area contributed by atoms with E-state index in [2.05, 4.69) is 0 Å². The predicted octanol–water partition coefficient (Wildman–Crippen LogP) is 2.77. The molecule has 0 radical (unpaired) electrons. The van der Waals surface area contributed by atoms with Crippen LogP contribution in [0.2, 0.25) is 0 Å². The molecule has 124 valence electrons. The number of nitrogens with zero attached hydrogens (tertiary/aromatic N) is 2. The number of amides is 2. The van der Waals surface area contributed by atoms with Gasteiger partial charge in [0, 0.05) is 12.2 Å². The normalized spacial score (nSPS) is 13.2. The molecule has 5 heteroatoms. The second-order valence-corrected chi connectivity index (χ2v) is 5.71. The molecule has 3 rings (SSSR count). The summed E-state index contributed by atoms with van der Waals surface area (Å²) < 4.78 is 5.42. The molecule has 0 N–H and O–H groups in total. The van der Waals surface area contributed by atoms with E-state index in [1.807, 2.05) is 50.2 Å². The highest BCUT2D eigenvalue weighted by atomic mass is 16.5. The van der Waals surface area contributed by atoms with Gasteiger partial charge in [-0.1, -0.05) is 24.3 Å². The summed E-state index contributed by atoms with van der Waals surface area (Å²) in [5.74, 6) is 0.305. The van der Waals surface area contributed by atoms with Crippen molar-refractivity contribution in [2.45, 2.75) is 13.8 Å². The van der Waals surface area contributed by atoms with Crippen molar-refractivity contribution >= 4 is 23.2 Å². The van der Waals surface area contributed by atoms with Crippen molar-refractivity contribution in [3.05, 3.63) is 54.1 Å². The minimum Gasteiger partial charge on any atom is -0.482 e. The molecule has 0 aliphatic carbocycles. The number of anilines is 2. The largest absolute Gasteiger partial charge is 0.482 e. The highest BCUT2D eigenvalue weighted by Gasteiger charge is 2.28. The number of carbonyl (C=O) groups is 2. The van der Waals surface area contributed by atoms with Crippen molar-refractivity contribution in [3.8, 4) is 5.75 Å². The van der Waals surface area contributed by atoms with Gasteiger partial charge in [-0.25, -0.2) is 0 Å². The maximum atomic E-state index is 12.8. The van der Waals surface area contributed by atoms with Crippen LogP contribution in [0.25, 0.3) is 0 Å². The van der Waals surface area contributed by atoms with Crippen LogP contribution < -0.4 is 14.5 Å². The molecule has 1 aliphatic heterocycles. The van der Waals surface area contributed by atoms with Crippen LogP contribution in [-0.2, 0) is 9.59 Å². The average molecular weight is 324 g/mol. The highest BCUT2D eigenvalue weighted by molar-refractivity contribution is 6.05. The van der Waals surface area contributed by atoms with Gasteiger partial charge < -0.3 is 9.64 Å². The first kappa shape index (κ1) is 16.1. The lowest BCUT2D eigenvalue weighted by Crippen LogP contribution is -2.46. The number of fused-ring (bicyclic) bond motifs is 1. The van der Waals surface area contributed by atoms with Gasteiger partial charge in [-0.05, 0) is 43.7 Å². The van der Waals surface area contributed by atoms with E-state index < -0.39 is 0 Å². The molecule has 2 aromatic rings. The van der Waals surface area contributed by atoms with Gasteiger partial charge in [0.05, 0.1) is 5.69 Å². The Morgan fingerprint density at radius 3 is 2.75 bits per heavy atom. The van der Waals surface area contributed by atoms with Gasteiger partial charge >= 0.3 is 0 Å². The van der Waals surface area contributed by atoms with Crippen LogP contribution in [0.15, 0.2) is 48.5 Å². The Labute approximate surface area is 141 Å². The molecular formula is C19H20N2O3. The number of likely N-dealkylation sites (N-methyl/N-ethyl adjacent to an activating group) is 1. The standard InChI is InChI=1S/C19H20N2O3/c1-3-20(15-8-6-7-14(2)11-15)18(22)12-21-16-9-4-5-10-17(16)24-13-19(21)23/h4-11H,3,12-13H2,1-2H3. The maximum absolute atomic E-state index is 12.8. The zero-order valence-corrected chi connectivity index (χ0v) is 13.9. The topological polar surface area (TPSA) is 49.9 Å². The third-order valence-corrected chi connectivity index (χ3v) is 4.03. The maximum Gasteiger partial charge on any atom is 0.265 e. The summed E-state index contributed by atoms with van der Waals surface area (Å²) in [5.41, 5.74) is 2.57. The van der Waals surface area contributed by atoms with Gasteiger partial charge in [-0.2, -0.15) is 0 Å². The van der Waals surface area contributed by atoms with Crippen molar-refractivity contribution < 1.29 is 14.3 Å². The molecule has 2 aromatic carbocycles. The van der Waals surface area contributed by atoms with Crippen LogP contribution in [0.4, 0.5) is 11.4 Å². The number of hydrogen-bond donors (Lipinski definition) is 0. The summed E-state index contributed by atoms with van der Waals surface area (Å²) in [5, 5.41) is 0. The molecule has 0 unspecified atom stereocenters. The Balaban J connectivity index is 1.84. The average Bonchev–Trinajstić information content (AvgIpc) is 2.58. The van der Waals surface area contributed by atoms with Crippen molar-refractivity contribution in [1.82, 2.24) is 0 Å². The number of para-hydroxylation sites is 2. The van der Waals surface area contributed by atoms with Crippen molar-refractivity contribution in [2.75, 3.05) is 29.5 Å². The van der Waals surface area contributed by atoms with E-state index in [1.54, 1.807) is 17.0 Å². The molecule has 5 nitrogen and oxygen atoms in total. The molecule has 0 spiro atoms. The second-order valence-electron chi connectivity index (χ2n) is 5.71. The van der Waals surface area contributed by atoms with Crippen LogP contribution in [0.5, 0.6) is 5.75 Å². The lowest BCUT2D eigenvalue weighted by atomic mass is 10.2. The summed E-state index contributed by atoms with van der Waals surface area (Å²) in [6, 6.07) is 15.1. The first-order chi connectivity index (χ1) is 11.6.